The van der Waals surface area contributed by atoms with Crippen LogP contribution in [-0.4, -0.2) is 11.1 Å². The van der Waals surface area contributed by atoms with Crippen molar-refractivity contribution in [2.75, 3.05) is 0 Å². The number of pyridine rings is 1. The number of hydrogen-bond donors (Lipinski definition) is 0. The number of aromatic nitrogens is 1. The minimum Gasteiger partial charge on any atom is -0.490 e. The molecule has 1 saturated carbocycles. The van der Waals surface area contributed by atoms with Gasteiger partial charge in [-0.25, -0.2) is 0 Å². The molecule has 1 aromatic carbocycles. The molecule has 0 radical (unpaired) electrons. The fourth-order valence-corrected chi connectivity index (χ4v) is 3.52. The first kappa shape index (κ1) is 16.0. The van der Waals surface area contributed by atoms with Crippen molar-refractivity contribution in [2.45, 2.75) is 52.6 Å². The van der Waals surface area contributed by atoms with Crippen molar-refractivity contribution in [3.05, 3.63) is 48.8 Å². The number of benzene rings is 1. The number of ether oxygens (including phenoxy) is 1. The highest BCUT2D eigenvalue weighted by Crippen LogP contribution is 2.39. The zero-order valence-electron chi connectivity index (χ0n) is 14.5. The zero-order valence-corrected chi connectivity index (χ0v) is 14.5. The molecule has 1 aliphatic rings. The van der Waals surface area contributed by atoms with E-state index in [4.69, 9.17) is 4.74 Å². The third kappa shape index (κ3) is 4.13. The fourth-order valence-electron chi connectivity index (χ4n) is 3.52. The van der Waals surface area contributed by atoms with Crippen LogP contribution in [0.4, 0.5) is 0 Å². The summed E-state index contributed by atoms with van der Waals surface area (Å²) in [5.41, 5.74) is 2.72. The molecule has 0 amide bonds. The second-order valence-corrected chi connectivity index (χ2v) is 7.73. The number of hydrogen-bond acceptors (Lipinski definition) is 2. The van der Waals surface area contributed by atoms with Crippen molar-refractivity contribution >= 4 is 0 Å². The van der Waals surface area contributed by atoms with E-state index in [2.05, 4.69) is 56.1 Å². The molecule has 0 spiro atoms. The highest BCUT2D eigenvalue weighted by atomic mass is 16.5. The molecule has 0 N–H and O–H groups in total. The lowest BCUT2D eigenvalue weighted by Crippen LogP contribution is -2.30. The second kappa shape index (κ2) is 6.74. The molecular weight excluding hydrogens is 282 g/mol. The maximum atomic E-state index is 6.26. The predicted octanol–water partition coefficient (Wildman–Crippen LogP) is 5.73. The Bertz CT molecular complexity index is 622. The summed E-state index contributed by atoms with van der Waals surface area (Å²) in [4.78, 5) is 4.20. The van der Waals surface area contributed by atoms with E-state index in [0.29, 0.717) is 11.5 Å². The quantitative estimate of drug-likeness (QED) is 0.722. The standard InChI is InChI=1S/C21H27NO/c1-21(2,3)18-9-11-19(12-10-18)23-20-8-4-6-16(14-20)17-7-5-13-22-15-17/h4-8,13-15,18-19H,9-12H2,1-3H3/t18-,19-. The van der Waals surface area contributed by atoms with Crippen molar-refractivity contribution in [1.82, 2.24) is 4.98 Å². The highest BCUT2D eigenvalue weighted by Gasteiger charge is 2.30. The van der Waals surface area contributed by atoms with Crippen LogP contribution in [0.3, 0.4) is 0 Å². The van der Waals surface area contributed by atoms with Crippen molar-refractivity contribution < 1.29 is 4.74 Å². The maximum Gasteiger partial charge on any atom is 0.120 e. The van der Waals surface area contributed by atoms with Crippen molar-refractivity contribution in [3.8, 4) is 16.9 Å². The van der Waals surface area contributed by atoms with Crippen molar-refractivity contribution in [3.63, 3.8) is 0 Å². The Balaban J connectivity index is 1.64. The van der Waals surface area contributed by atoms with Crippen LogP contribution in [0.25, 0.3) is 11.1 Å². The van der Waals surface area contributed by atoms with Crippen LogP contribution in [0, 0.1) is 11.3 Å². The summed E-state index contributed by atoms with van der Waals surface area (Å²) in [5.74, 6) is 1.80. The summed E-state index contributed by atoms with van der Waals surface area (Å²) in [6.07, 6.45) is 8.94. The van der Waals surface area contributed by atoms with Crippen LogP contribution in [0.15, 0.2) is 48.8 Å². The van der Waals surface area contributed by atoms with Crippen LogP contribution in [0.2, 0.25) is 0 Å². The lowest BCUT2D eigenvalue weighted by Gasteiger charge is -2.37. The minimum absolute atomic E-state index is 0.359. The second-order valence-electron chi connectivity index (χ2n) is 7.73. The third-order valence-electron chi connectivity index (χ3n) is 5.03. The smallest absolute Gasteiger partial charge is 0.120 e. The summed E-state index contributed by atoms with van der Waals surface area (Å²) in [6.45, 7) is 7.07. The predicted molar refractivity (Wildman–Crippen MR) is 95.5 cm³/mol. The molecule has 1 fully saturated rings. The van der Waals surface area contributed by atoms with E-state index in [1.165, 1.54) is 31.2 Å². The number of nitrogens with zero attached hydrogens (tertiary/aromatic N) is 1. The Hall–Kier alpha value is -1.83. The Morgan fingerprint density at radius 2 is 1.70 bits per heavy atom. The molecule has 23 heavy (non-hydrogen) atoms. The topological polar surface area (TPSA) is 22.1 Å². The monoisotopic (exact) mass is 309 g/mol. The van der Waals surface area contributed by atoms with E-state index >= 15 is 0 Å². The zero-order chi connectivity index (χ0) is 16.3. The third-order valence-corrected chi connectivity index (χ3v) is 5.03. The molecule has 0 aliphatic heterocycles. The SMILES string of the molecule is CC(C)(C)[C@H]1CC[C@H](Oc2cccc(-c3cccnc3)c2)CC1. The van der Waals surface area contributed by atoms with Crippen LogP contribution >= 0.6 is 0 Å². The Kier molecular flexibility index (Phi) is 4.70. The average Bonchev–Trinajstić information content (AvgIpc) is 2.56. The van der Waals surface area contributed by atoms with Crippen LogP contribution in [0.5, 0.6) is 5.75 Å². The van der Waals surface area contributed by atoms with Crippen molar-refractivity contribution in [2.24, 2.45) is 11.3 Å². The van der Waals surface area contributed by atoms with E-state index in [-0.39, 0.29) is 0 Å². The maximum absolute atomic E-state index is 6.26. The van der Waals surface area contributed by atoms with Gasteiger partial charge in [-0.05, 0) is 60.8 Å². The van der Waals surface area contributed by atoms with E-state index in [0.717, 1.165) is 17.2 Å². The summed E-state index contributed by atoms with van der Waals surface area (Å²) in [7, 11) is 0. The van der Waals surface area contributed by atoms with E-state index < -0.39 is 0 Å². The highest BCUT2D eigenvalue weighted by molar-refractivity contribution is 5.63. The Labute approximate surface area is 139 Å². The summed E-state index contributed by atoms with van der Waals surface area (Å²) >= 11 is 0. The fraction of sp³-hybridized carbons (Fsp3) is 0.476. The van der Waals surface area contributed by atoms with Gasteiger partial charge in [-0.3, -0.25) is 4.98 Å². The largest absolute Gasteiger partial charge is 0.490 e. The van der Waals surface area contributed by atoms with Gasteiger partial charge in [0, 0.05) is 18.0 Å². The lowest BCUT2D eigenvalue weighted by atomic mass is 9.72. The average molecular weight is 309 g/mol. The first-order chi connectivity index (χ1) is 11.0. The van der Waals surface area contributed by atoms with Gasteiger partial charge in [0.15, 0.2) is 0 Å². The summed E-state index contributed by atoms with van der Waals surface area (Å²) in [6, 6.07) is 12.4. The molecule has 0 saturated heterocycles. The minimum atomic E-state index is 0.359. The van der Waals surface area contributed by atoms with Gasteiger partial charge in [-0.1, -0.05) is 39.0 Å². The van der Waals surface area contributed by atoms with Gasteiger partial charge in [0.25, 0.3) is 0 Å². The van der Waals surface area contributed by atoms with E-state index in [1.54, 1.807) is 6.20 Å². The van der Waals surface area contributed by atoms with Gasteiger partial charge < -0.3 is 4.74 Å². The van der Waals surface area contributed by atoms with Gasteiger partial charge in [-0.2, -0.15) is 0 Å². The molecule has 2 aromatic rings. The summed E-state index contributed by atoms with van der Waals surface area (Å²) < 4.78 is 6.26. The molecule has 1 aliphatic carbocycles. The molecule has 2 nitrogen and oxygen atoms in total. The molecule has 0 unspecified atom stereocenters. The molecule has 1 aromatic heterocycles. The summed E-state index contributed by atoms with van der Waals surface area (Å²) in [5, 5.41) is 0. The number of rotatable bonds is 3. The molecule has 0 atom stereocenters. The molecule has 1 heterocycles. The first-order valence-electron chi connectivity index (χ1n) is 8.69. The Morgan fingerprint density at radius 3 is 2.35 bits per heavy atom. The Morgan fingerprint density at radius 1 is 0.957 bits per heavy atom. The first-order valence-corrected chi connectivity index (χ1v) is 8.69. The van der Waals surface area contributed by atoms with Gasteiger partial charge in [0.1, 0.15) is 5.75 Å². The molecule has 122 valence electrons. The van der Waals surface area contributed by atoms with Gasteiger partial charge in [-0.15, -0.1) is 0 Å². The van der Waals surface area contributed by atoms with Crippen molar-refractivity contribution in [1.29, 1.82) is 0 Å². The van der Waals surface area contributed by atoms with Crippen LogP contribution in [0.1, 0.15) is 46.5 Å². The van der Waals surface area contributed by atoms with Gasteiger partial charge in [0.2, 0.25) is 0 Å². The van der Waals surface area contributed by atoms with Gasteiger partial charge in [0.05, 0.1) is 6.10 Å². The molecule has 0 bridgehead atoms. The van der Waals surface area contributed by atoms with E-state index in [9.17, 15) is 0 Å². The van der Waals surface area contributed by atoms with Gasteiger partial charge >= 0.3 is 0 Å². The lowest BCUT2D eigenvalue weighted by molar-refractivity contribution is 0.0882. The molecular formula is C21H27NO. The molecule has 3 rings (SSSR count). The van der Waals surface area contributed by atoms with E-state index in [1.807, 2.05) is 12.3 Å². The van der Waals surface area contributed by atoms with Crippen LogP contribution in [-0.2, 0) is 0 Å². The normalized spacial score (nSPS) is 21.9. The van der Waals surface area contributed by atoms with Crippen LogP contribution < -0.4 is 4.74 Å². The molecule has 2 heteroatoms.